The molecule has 0 saturated carbocycles. The molecular weight excluding hydrogens is 460 g/mol. The number of likely N-dealkylation sites (tertiary alicyclic amines) is 1. The predicted molar refractivity (Wildman–Crippen MR) is 141 cm³/mol. The van der Waals surface area contributed by atoms with E-state index in [0.717, 1.165) is 40.8 Å². The number of nitrogens with zero attached hydrogens (tertiary/aromatic N) is 2. The van der Waals surface area contributed by atoms with Gasteiger partial charge in [-0.3, -0.25) is 9.69 Å². The van der Waals surface area contributed by atoms with Crippen molar-refractivity contribution in [1.82, 2.24) is 14.9 Å². The number of benzene rings is 2. The molecule has 0 spiro atoms. The molecule has 2 saturated heterocycles. The predicted octanol–water partition coefficient (Wildman–Crippen LogP) is 3.33. The zero-order chi connectivity index (χ0) is 25.3. The maximum absolute atomic E-state index is 13.1. The summed E-state index contributed by atoms with van der Waals surface area (Å²) in [6.07, 6.45) is 1.21. The Balaban J connectivity index is 1.33. The molecule has 2 aromatic rings. The first kappa shape index (κ1) is 25.7. The summed E-state index contributed by atoms with van der Waals surface area (Å²) < 4.78 is 29.1. The molecule has 2 aliphatic heterocycles. The highest BCUT2D eigenvalue weighted by molar-refractivity contribution is 7.90. The molecule has 2 fully saturated rings. The van der Waals surface area contributed by atoms with E-state index in [1.54, 1.807) is 0 Å². The highest BCUT2D eigenvalue weighted by Crippen LogP contribution is 2.40. The second kappa shape index (κ2) is 10.3. The van der Waals surface area contributed by atoms with Gasteiger partial charge in [0.1, 0.15) is 5.25 Å². The Morgan fingerprint density at radius 3 is 2.31 bits per heavy atom. The zero-order valence-electron chi connectivity index (χ0n) is 21.4. The van der Waals surface area contributed by atoms with Crippen LogP contribution in [-0.4, -0.2) is 52.6 Å². The minimum absolute atomic E-state index is 0.0452. The number of nitrogens with one attached hydrogen (secondary N) is 2. The van der Waals surface area contributed by atoms with E-state index in [0.29, 0.717) is 19.6 Å². The van der Waals surface area contributed by atoms with E-state index in [1.807, 2.05) is 70.1 Å². The van der Waals surface area contributed by atoms with Crippen molar-refractivity contribution in [2.75, 3.05) is 32.1 Å². The van der Waals surface area contributed by atoms with Crippen LogP contribution in [0.15, 0.2) is 42.5 Å². The number of amides is 1. The third kappa shape index (κ3) is 5.55. The van der Waals surface area contributed by atoms with Crippen molar-refractivity contribution in [2.24, 2.45) is 11.8 Å². The Morgan fingerprint density at radius 1 is 1.06 bits per heavy atom. The van der Waals surface area contributed by atoms with Crippen molar-refractivity contribution < 1.29 is 13.2 Å². The van der Waals surface area contributed by atoms with Crippen LogP contribution in [0.3, 0.4) is 0 Å². The molecule has 0 aliphatic carbocycles. The van der Waals surface area contributed by atoms with Crippen molar-refractivity contribution in [3.05, 3.63) is 64.7 Å². The van der Waals surface area contributed by atoms with Gasteiger partial charge in [0.15, 0.2) is 0 Å². The highest BCUT2D eigenvalue weighted by Gasteiger charge is 2.48. The van der Waals surface area contributed by atoms with Gasteiger partial charge in [0.2, 0.25) is 15.9 Å². The maximum atomic E-state index is 13.1. The standard InChI is InChI=1S/C27H38N4O3S/c1-18-6-9-23(16-19(18)2)25-20(3)26(29-35(25,33)34)31-14-12-22(13-15-31)27(32)28-17-21-7-10-24(11-8-21)30(4)5/h6-11,16,20,22,25-26,29H,12-15,17H2,1-5H3,(H,28,32). The summed E-state index contributed by atoms with van der Waals surface area (Å²) in [7, 11) is 0.539. The van der Waals surface area contributed by atoms with E-state index >= 15 is 0 Å². The summed E-state index contributed by atoms with van der Waals surface area (Å²) in [6.45, 7) is 7.99. The number of sulfonamides is 1. The first-order valence-electron chi connectivity index (χ1n) is 12.4. The van der Waals surface area contributed by atoms with Crippen molar-refractivity contribution in [3.8, 4) is 0 Å². The SMILES string of the molecule is Cc1ccc(C2C(C)C(N3CCC(C(=O)NCc4ccc(N(C)C)cc4)CC3)NS2(=O)=O)cc1C. The van der Waals surface area contributed by atoms with Crippen LogP contribution in [-0.2, 0) is 21.4 Å². The van der Waals surface area contributed by atoms with Gasteiger partial charge >= 0.3 is 0 Å². The number of hydrogen-bond donors (Lipinski definition) is 2. The van der Waals surface area contributed by atoms with Gasteiger partial charge in [-0.05, 0) is 61.1 Å². The van der Waals surface area contributed by atoms with Gasteiger partial charge < -0.3 is 10.2 Å². The van der Waals surface area contributed by atoms with Crippen LogP contribution in [0, 0.1) is 25.7 Å². The van der Waals surface area contributed by atoms with Gasteiger partial charge in [0, 0.05) is 51.3 Å². The number of carbonyl (C=O) groups excluding carboxylic acids is 1. The first-order valence-corrected chi connectivity index (χ1v) is 14.0. The normalized spacial score (nSPS) is 24.9. The number of piperidine rings is 1. The number of carbonyl (C=O) groups is 1. The van der Waals surface area contributed by atoms with Gasteiger partial charge in [-0.15, -0.1) is 0 Å². The molecule has 190 valence electrons. The van der Waals surface area contributed by atoms with Gasteiger partial charge in [-0.1, -0.05) is 37.3 Å². The Bertz CT molecular complexity index is 1160. The Kier molecular flexibility index (Phi) is 7.54. The molecule has 2 N–H and O–H groups in total. The largest absolute Gasteiger partial charge is 0.378 e. The van der Waals surface area contributed by atoms with Gasteiger partial charge in [0.25, 0.3) is 0 Å². The van der Waals surface area contributed by atoms with Crippen LogP contribution in [0.4, 0.5) is 5.69 Å². The van der Waals surface area contributed by atoms with Gasteiger partial charge in [-0.2, -0.15) is 4.72 Å². The fourth-order valence-corrected chi connectivity index (χ4v) is 7.38. The smallest absolute Gasteiger partial charge is 0.223 e. The molecule has 4 rings (SSSR count). The fraction of sp³-hybridized carbons (Fsp3) is 0.519. The van der Waals surface area contributed by atoms with Crippen LogP contribution >= 0.6 is 0 Å². The van der Waals surface area contributed by atoms with Crippen LogP contribution in [0.5, 0.6) is 0 Å². The molecule has 1 amide bonds. The lowest BCUT2D eigenvalue weighted by molar-refractivity contribution is -0.126. The third-order valence-electron chi connectivity index (χ3n) is 7.67. The summed E-state index contributed by atoms with van der Waals surface area (Å²) >= 11 is 0. The minimum atomic E-state index is -3.47. The van der Waals surface area contributed by atoms with E-state index in [-0.39, 0.29) is 23.9 Å². The minimum Gasteiger partial charge on any atom is -0.378 e. The molecule has 35 heavy (non-hydrogen) atoms. The third-order valence-corrected chi connectivity index (χ3v) is 9.61. The van der Waals surface area contributed by atoms with E-state index < -0.39 is 15.3 Å². The second-order valence-corrected chi connectivity index (χ2v) is 12.2. The number of anilines is 1. The zero-order valence-corrected chi connectivity index (χ0v) is 22.2. The van der Waals surface area contributed by atoms with Crippen LogP contribution in [0.2, 0.25) is 0 Å². The molecule has 2 heterocycles. The number of aryl methyl sites for hydroxylation is 2. The topological polar surface area (TPSA) is 81.8 Å². The maximum Gasteiger partial charge on any atom is 0.223 e. The lowest BCUT2D eigenvalue weighted by Gasteiger charge is -2.36. The summed E-state index contributed by atoms with van der Waals surface area (Å²) in [6, 6.07) is 14.1. The van der Waals surface area contributed by atoms with Crippen LogP contribution in [0.25, 0.3) is 0 Å². The van der Waals surface area contributed by atoms with Crippen molar-refractivity contribution in [1.29, 1.82) is 0 Å². The van der Waals surface area contributed by atoms with E-state index in [2.05, 4.69) is 27.1 Å². The molecule has 0 aromatic heterocycles. The summed E-state index contributed by atoms with van der Waals surface area (Å²) in [5.41, 5.74) is 5.32. The monoisotopic (exact) mass is 498 g/mol. The highest BCUT2D eigenvalue weighted by atomic mass is 32.2. The van der Waals surface area contributed by atoms with Crippen molar-refractivity contribution in [3.63, 3.8) is 0 Å². The van der Waals surface area contributed by atoms with E-state index in [9.17, 15) is 13.2 Å². The Hall–Kier alpha value is -2.42. The van der Waals surface area contributed by atoms with E-state index in [4.69, 9.17) is 0 Å². The Morgan fingerprint density at radius 2 is 1.71 bits per heavy atom. The average molecular weight is 499 g/mol. The van der Waals surface area contributed by atoms with E-state index in [1.165, 1.54) is 0 Å². The molecule has 3 unspecified atom stereocenters. The molecule has 2 aromatic carbocycles. The lowest BCUT2D eigenvalue weighted by atomic mass is 9.91. The average Bonchev–Trinajstić information content (AvgIpc) is 3.08. The summed E-state index contributed by atoms with van der Waals surface area (Å²) in [5, 5.41) is 2.52. The van der Waals surface area contributed by atoms with Gasteiger partial charge in [0.05, 0.1) is 6.17 Å². The van der Waals surface area contributed by atoms with Gasteiger partial charge in [-0.25, -0.2) is 8.42 Å². The van der Waals surface area contributed by atoms with Crippen LogP contribution < -0.4 is 14.9 Å². The molecule has 0 bridgehead atoms. The van der Waals surface area contributed by atoms with Crippen LogP contribution in [0.1, 0.15) is 47.3 Å². The summed E-state index contributed by atoms with van der Waals surface area (Å²) in [4.78, 5) is 17.0. The molecule has 2 aliphatic rings. The quantitative estimate of drug-likeness (QED) is 0.639. The number of hydrogen-bond acceptors (Lipinski definition) is 5. The molecule has 7 nitrogen and oxygen atoms in total. The number of rotatable bonds is 6. The fourth-order valence-electron chi connectivity index (χ4n) is 5.31. The molecule has 3 atom stereocenters. The summed E-state index contributed by atoms with van der Waals surface area (Å²) in [5.74, 6) is -0.0526. The lowest BCUT2D eigenvalue weighted by Crippen LogP contribution is -2.50. The molecule has 0 radical (unpaired) electrons. The molecule has 8 heteroatoms. The van der Waals surface area contributed by atoms with Crippen molar-refractivity contribution >= 4 is 21.6 Å². The van der Waals surface area contributed by atoms with Crippen molar-refractivity contribution in [2.45, 2.75) is 51.6 Å². The first-order chi connectivity index (χ1) is 16.6. The second-order valence-electron chi connectivity index (χ2n) is 10.3. The Labute approximate surface area is 209 Å². The molecular formula is C27H38N4O3S.